The molecule has 1 unspecified atom stereocenters. The number of nitriles is 1. The normalized spacial score (nSPS) is 11.5. The van der Waals surface area contributed by atoms with Gasteiger partial charge in [0.25, 0.3) is 0 Å². The van der Waals surface area contributed by atoms with Gasteiger partial charge in [-0.05, 0) is 37.3 Å². The largest absolute Gasteiger partial charge is 0.507 e. The summed E-state index contributed by atoms with van der Waals surface area (Å²) < 4.78 is 5.06. The maximum Gasteiger partial charge on any atom is 0.124 e. The van der Waals surface area contributed by atoms with Crippen molar-refractivity contribution in [3.8, 4) is 17.6 Å². The maximum absolute atomic E-state index is 10.0. The minimum absolute atomic E-state index is 0.134. The molecule has 0 heterocycles. The van der Waals surface area contributed by atoms with Crippen molar-refractivity contribution in [3.63, 3.8) is 0 Å². The molecule has 21 heavy (non-hydrogen) atoms. The zero-order chi connectivity index (χ0) is 15.4. The highest BCUT2D eigenvalue weighted by Crippen LogP contribution is 2.31. The van der Waals surface area contributed by atoms with E-state index in [4.69, 9.17) is 21.6 Å². The summed E-state index contributed by atoms with van der Waals surface area (Å²) in [7, 11) is 1.54. The third kappa shape index (κ3) is 3.39. The van der Waals surface area contributed by atoms with Gasteiger partial charge in [-0.25, -0.2) is 0 Å². The highest BCUT2D eigenvalue weighted by molar-refractivity contribution is 6.30. The number of phenolic OH excluding ortho intramolecular Hbond substituents is 1. The summed E-state index contributed by atoms with van der Waals surface area (Å²) in [6, 6.07) is 12.0. The predicted molar refractivity (Wildman–Crippen MR) is 82.9 cm³/mol. The number of hydrogen-bond donors (Lipinski definition) is 2. The minimum atomic E-state index is -0.193. The molecule has 0 bridgehead atoms. The van der Waals surface area contributed by atoms with Gasteiger partial charge in [0.2, 0.25) is 0 Å². The molecule has 0 aliphatic carbocycles. The van der Waals surface area contributed by atoms with Crippen molar-refractivity contribution in [2.45, 2.75) is 13.0 Å². The quantitative estimate of drug-likeness (QED) is 0.892. The summed E-state index contributed by atoms with van der Waals surface area (Å²) in [4.78, 5) is 0. The number of methoxy groups -OCH3 is 1. The van der Waals surface area contributed by atoms with Gasteiger partial charge in [-0.3, -0.25) is 0 Å². The number of nitrogens with zero attached hydrogens (tertiary/aromatic N) is 1. The number of hydrogen-bond acceptors (Lipinski definition) is 4. The lowest BCUT2D eigenvalue weighted by Crippen LogP contribution is -2.08. The van der Waals surface area contributed by atoms with Crippen LogP contribution in [-0.2, 0) is 0 Å². The first-order chi connectivity index (χ1) is 10.0. The van der Waals surface area contributed by atoms with E-state index in [9.17, 15) is 5.11 Å². The Balaban J connectivity index is 2.28. The summed E-state index contributed by atoms with van der Waals surface area (Å²) >= 11 is 5.96. The molecule has 0 aromatic heterocycles. The van der Waals surface area contributed by atoms with Gasteiger partial charge >= 0.3 is 0 Å². The number of phenols is 1. The maximum atomic E-state index is 10.0. The summed E-state index contributed by atoms with van der Waals surface area (Å²) in [6.07, 6.45) is 0. The lowest BCUT2D eigenvalue weighted by Gasteiger charge is -2.18. The molecule has 0 aliphatic rings. The van der Waals surface area contributed by atoms with E-state index >= 15 is 0 Å². The number of nitrogens with one attached hydrogen (secondary N) is 1. The molecule has 0 saturated carbocycles. The molecule has 0 aliphatic heterocycles. The number of halogens is 1. The third-order valence-electron chi connectivity index (χ3n) is 3.18. The van der Waals surface area contributed by atoms with Crippen LogP contribution < -0.4 is 10.1 Å². The molecule has 2 aromatic rings. The van der Waals surface area contributed by atoms with Crippen molar-refractivity contribution in [2.75, 3.05) is 12.4 Å². The van der Waals surface area contributed by atoms with Gasteiger partial charge in [0.05, 0.1) is 24.4 Å². The van der Waals surface area contributed by atoms with Crippen molar-refractivity contribution in [2.24, 2.45) is 0 Å². The molecule has 2 rings (SSSR count). The van der Waals surface area contributed by atoms with E-state index in [1.54, 1.807) is 43.5 Å². The average molecular weight is 303 g/mol. The van der Waals surface area contributed by atoms with Gasteiger partial charge in [-0.1, -0.05) is 11.6 Å². The van der Waals surface area contributed by atoms with Crippen LogP contribution in [0.25, 0.3) is 0 Å². The Morgan fingerprint density at radius 2 is 2.05 bits per heavy atom. The zero-order valence-corrected chi connectivity index (χ0v) is 12.5. The lowest BCUT2D eigenvalue weighted by atomic mass is 10.1. The number of aromatic hydroxyl groups is 1. The Bertz CT molecular complexity index is 695. The van der Waals surface area contributed by atoms with E-state index in [1.165, 1.54) is 0 Å². The number of benzene rings is 2. The highest BCUT2D eigenvalue weighted by Gasteiger charge is 2.13. The second kappa shape index (κ2) is 6.38. The van der Waals surface area contributed by atoms with E-state index in [1.807, 2.05) is 6.92 Å². The molecule has 4 nitrogen and oxygen atoms in total. The van der Waals surface area contributed by atoms with Crippen molar-refractivity contribution < 1.29 is 9.84 Å². The van der Waals surface area contributed by atoms with Crippen LogP contribution >= 0.6 is 11.6 Å². The summed E-state index contributed by atoms with van der Waals surface area (Å²) in [5, 5.41) is 22.9. The predicted octanol–water partition coefficient (Wildman–Crippen LogP) is 4.10. The molecular weight excluding hydrogens is 288 g/mol. The number of anilines is 1. The molecular formula is C16H15ClN2O2. The van der Waals surface area contributed by atoms with Gasteiger partial charge in [0, 0.05) is 16.7 Å². The molecule has 0 radical (unpaired) electrons. The van der Waals surface area contributed by atoms with Crippen LogP contribution in [0.1, 0.15) is 24.1 Å². The first-order valence-electron chi connectivity index (χ1n) is 6.38. The van der Waals surface area contributed by atoms with Crippen molar-refractivity contribution >= 4 is 17.3 Å². The molecule has 0 spiro atoms. The van der Waals surface area contributed by atoms with E-state index in [0.717, 1.165) is 0 Å². The first-order valence-corrected chi connectivity index (χ1v) is 6.76. The zero-order valence-electron chi connectivity index (χ0n) is 11.7. The molecule has 1 atom stereocenters. The van der Waals surface area contributed by atoms with E-state index in [2.05, 4.69) is 11.4 Å². The van der Waals surface area contributed by atoms with Crippen LogP contribution in [0.2, 0.25) is 5.02 Å². The van der Waals surface area contributed by atoms with Crippen LogP contribution in [0, 0.1) is 11.3 Å². The van der Waals surface area contributed by atoms with E-state index in [-0.39, 0.29) is 11.8 Å². The molecule has 108 valence electrons. The molecule has 2 aromatic carbocycles. The Labute approximate surface area is 128 Å². The monoisotopic (exact) mass is 302 g/mol. The molecule has 0 saturated heterocycles. The SMILES string of the molecule is COc1ccc(C(C)Nc2cc(Cl)ccc2C#N)c(O)c1. The number of ether oxygens (including phenoxy) is 1. The Hall–Kier alpha value is -2.38. The Morgan fingerprint density at radius 3 is 2.67 bits per heavy atom. The summed E-state index contributed by atoms with van der Waals surface area (Å²) in [5.74, 6) is 0.721. The third-order valence-corrected chi connectivity index (χ3v) is 3.41. The fourth-order valence-electron chi connectivity index (χ4n) is 2.06. The van der Waals surface area contributed by atoms with Crippen molar-refractivity contribution in [3.05, 3.63) is 52.5 Å². The first kappa shape index (κ1) is 15.0. The fraction of sp³-hybridized carbons (Fsp3) is 0.188. The Kier molecular flexibility index (Phi) is 4.56. The lowest BCUT2D eigenvalue weighted by molar-refractivity contribution is 0.406. The van der Waals surface area contributed by atoms with Gasteiger partial charge < -0.3 is 15.2 Å². The van der Waals surface area contributed by atoms with Crippen LogP contribution in [0.5, 0.6) is 11.5 Å². The molecule has 0 amide bonds. The highest BCUT2D eigenvalue weighted by atomic mass is 35.5. The second-order valence-corrected chi connectivity index (χ2v) is 5.03. The minimum Gasteiger partial charge on any atom is -0.507 e. The van der Waals surface area contributed by atoms with Crippen LogP contribution in [0.4, 0.5) is 5.69 Å². The standard InChI is InChI=1S/C16H15ClN2O2/c1-10(14-6-5-13(21-2)8-16(14)20)19-15-7-12(17)4-3-11(15)9-18/h3-8,10,19-20H,1-2H3. The van der Waals surface area contributed by atoms with Crippen LogP contribution in [-0.4, -0.2) is 12.2 Å². The molecule has 0 fully saturated rings. The van der Waals surface area contributed by atoms with Crippen molar-refractivity contribution in [1.29, 1.82) is 5.26 Å². The second-order valence-electron chi connectivity index (χ2n) is 4.59. The summed E-state index contributed by atoms with van der Waals surface area (Å²) in [6.45, 7) is 1.89. The van der Waals surface area contributed by atoms with Gasteiger partial charge in [-0.2, -0.15) is 5.26 Å². The number of rotatable bonds is 4. The van der Waals surface area contributed by atoms with Crippen LogP contribution in [0.15, 0.2) is 36.4 Å². The van der Waals surface area contributed by atoms with Gasteiger partial charge in [0.15, 0.2) is 0 Å². The molecule has 2 N–H and O–H groups in total. The van der Waals surface area contributed by atoms with Gasteiger partial charge in [-0.15, -0.1) is 0 Å². The van der Waals surface area contributed by atoms with Gasteiger partial charge in [0.1, 0.15) is 17.6 Å². The smallest absolute Gasteiger partial charge is 0.124 e. The average Bonchev–Trinajstić information content (AvgIpc) is 2.47. The van der Waals surface area contributed by atoms with Crippen LogP contribution in [0.3, 0.4) is 0 Å². The Morgan fingerprint density at radius 1 is 1.29 bits per heavy atom. The fourth-order valence-corrected chi connectivity index (χ4v) is 2.23. The van der Waals surface area contributed by atoms with E-state index in [0.29, 0.717) is 27.6 Å². The van der Waals surface area contributed by atoms with Crippen molar-refractivity contribution in [1.82, 2.24) is 0 Å². The van der Waals surface area contributed by atoms with E-state index < -0.39 is 0 Å². The molecule has 5 heteroatoms. The summed E-state index contributed by atoms with van der Waals surface area (Å²) in [5.41, 5.74) is 1.84. The topological polar surface area (TPSA) is 65.3 Å².